The first-order valence-electron chi connectivity index (χ1n) is 6.73. The summed E-state index contributed by atoms with van der Waals surface area (Å²) in [6.07, 6.45) is 2.38. The Balaban J connectivity index is 2.59. The van der Waals surface area contributed by atoms with Crippen LogP contribution in [0.25, 0.3) is 11.0 Å². The number of rotatable bonds is 6. The summed E-state index contributed by atoms with van der Waals surface area (Å²) in [4.78, 5) is 4.66. The third-order valence-corrected chi connectivity index (χ3v) is 3.25. The number of ether oxygens (including phenoxy) is 2. The van der Waals surface area contributed by atoms with Gasteiger partial charge < -0.3 is 14.0 Å². The van der Waals surface area contributed by atoms with Crippen molar-refractivity contribution in [3.05, 3.63) is 18.0 Å². The predicted molar refractivity (Wildman–Crippen MR) is 77.1 cm³/mol. The second kappa shape index (κ2) is 6.29. The van der Waals surface area contributed by atoms with Crippen molar-refractivity contribution in [1.29, 1.82) is 5.26 Å². The molecule has 0 aliphatic carbocycles. The fraction of sp³-hybridized carbons (Fsp3) is 0.467. The summed E-state index contributed by atoms with van der Waals surface area (Å²) in [5, 5.41) is 8.81. The maximum absolute atomic E-state index is 8.81. The number of nitriles is 1. The molecule has 5 heteroatoms. The molecule has 0 fully saturated rings. The molecule has 0 aliphatic rings. The van der Waals surface area contributed by atoms with Crippen LogP contribution in [0.5, 0.6) is 11.5 Å². The Morgan fingerprint density at radius 3 is 2.55 bits per heavy atom. The number of imidazole rings is 1. The number of fused-ring (bicyclic) bond motifs is 1. The van der Waals surface area contributed by atoms with Crippen LogP contribution >= 0.6 is 0 Å². The molecule has 0 spiro atoms. The molecule has 20 heavy (non-hydrogen) atoms. The number of nitrogens with zero attached hydrogens (tertiary/aromatic N) is 3. The Bertz CT molecular complexity index is 641. The Morgan fingerprint density at radius 2 is 1.95 bits per heavy atom. The van der Waals surface area contributed by atoms with Gasteiger partial charge in [-0.05, 0) is 6.42 Å². The fourth-order valence-electron chi connectivity index (χ4n) is 2.33. The maximum atomic E-state index is 8.81. The highest BCUT2D eigenvalue weighted by atomic mass is 16.5. The van der Waals surface area contributed by atoms with Gasteiger partial charge in [-0.15, -0.1) is 0 Å². The number of hydrogen-bond acceptors (Lipinski definition) is 4. The summed E-state index contributed by atoms with van der Waals surface area (Å²) in [7, 11) is 3.23. The quantitative estimate of drug-likeness (QED) is 0.812. The van der Waals surface area contributed by atoms with Crippen LogP contribution in [0, 0.1) is 11.3 Å². The molecule has 1 heterocycles. The Morgan fingerprint density at radius 1 is 1.25 bits per heavy atom. The van der Waals surface area contributed by atoms with Gasteiger partial charge in [0.05, 0.1) is 37.7 Å². The van der Waals surface area contributed by atoms with E-state index < -0.39 is 0 Å². The smallest absolute Gasteiger partial charge is 0.163 e. The van der Waals surface area contributed by atoms with Crippen LogP contribution < -0.4 is 9.47 Å². The molecule has 0 amide bonds. The van der Waals surface area contributed by atoms with Gasteiger partial charge in [-0.2, -0.15) is 5.26 Å². The van der Waals surface area contributed by atoms with Crippen molar-refractivity contribution in [2.45, 2.75) is 32.7 Å². The van der Waals surface area contributed by atoms with Crippen LogP contribution in [0.2, 0.25) is 0 Å². The molecule has 106 valence electrons. The van der Waals surface area contributed by atoms with Gasteiger partial charge in [-0.25, -0.2) is 4.98 Å². The summed E-state index contributed by atoms with van der Waals surface area (Å²) in [5.41, 5.74) is 1.87. The van der Waals surface area contributed by atoms with E-state index >= 15 is 0 Å². The molecular formula is C15H19N3O2. The average molecular weight is 273 g/mol. The highest BCUT2D eigenvalue weighted by Gasteiger charge is 2.14. The second-order valence-corrected chi connectivity index (χ2v) is 4.53. The van der Waals surface area contributed by atoms with Gasteiger partial charge in [-0.1, -0.05) is 6.92 Å². The lowest BCUT2D eigenvalue weighted by Gasteiger charge is -2.09. The molecule has 0 N–H and O–H groups in total. The molecular weight excluding hydrogens is 254 g/mol. The standard InChI is InChI=1S/C15H19N3O2/c1-4-6-15-17-11-9-13(19-2)14(20-3)10-12(11)18(15)8-5-7-16/h9-10H,4-6,8H2,1-3H3. The molecule has 1 aromatic heterocycles. The minimum absolute atomic E-state index is 0.469. The molecule has 0 aliphatic heterocycles. The molecule has 0 bridgehead atoms. The van der Waals surface area contributed by atoms with Crippen LogP contribution in [0.3, 0.4) is 0 Å². The zero-order chi connectivity index (χ0) is 14.5. The fourth-order valence-corrected chi connectivity index (χ4v) is 2.33. The highest BCUT2D eigenvalue weighted by Crippen LogP contribution is 2.32. The number of benzene rings is 1. The van der Waals surface area contributed by atoms with Crippen LogP contribution in [0.15, 0.2) is 12.1 Å². The summed E-state index contributed by atoms with van der Waals surface area (Å²) >= 11 is 0. The highest BCUT2D eigenvalue weighted by molar-refractivity contribution is 5.80. The maximum Gasteiger partial charge on any atom is 0.163 e. The van der Waals surface area contributed by atoms with Crippen molar-refractivity contribution in [2.75, 3.05) is 14.2 Å². The summed E-state index contributed by atoms with van der Waals surface area (Å²) in [6, 6.07) is 6.00. The number of aryl methyl sites for hydroxylation is 2. The van der Waals surface area contributed by atoms with Crippen molar-refractivity contribution in [3.8, 4) is 17.6 Å². The van der Waals surface area contributed by atoms with Gasteiger partial charge >= 0.3 is 0 Å². The van der Waals surface area contributed by atoms with Gasteiger partial charge in [-0.3, -0.25) is 0 Å². The minimum atomic E-state index is 0.469. The minimum Gasteiger partial charge on any atom is -0.493 e. The van der Waals surface area contributed by atoms with Crippen molar-refractivity contribution in [3.63, 3.8) is 0 Å². The van der Waals surface area contributed by atoms with E-state index in [1.54, 1.807) is 14.2 Å². The van der Waals surface area contributed by atoms with Crippen molar-refractivity contribution >= 4 is 11.0 Å². The van der Waals surface area contributed by atoms with Crippen molar-refractivity contribution in [1.82, 2.24) is 9.55 Å². The summed E-state index contributed by atoms with van der Waals surface area (Å²) in [5.74, 6) is 2.36. The SMILES string of the molecule is CCCc1nc2cc(OC)c(OC)cc2n1CCC#N. The molecule has 0 saturated heterocycles. The topological polar surface area (TPSA) is 60.1 Å². The van der Waals surface area contributed by atoms with Gasteiger partial charge in [0.2, 0.25) is 0 Å². The van der Waals surface area contributed by atoms with Gasteiger partial charge in [0.15, 0.2) is 11.5 Å². The lowest BCUT2D eigenvalue weighted by Crippen LogP contribution is -2.03. The Labute approximate surface area is 118 Å². The number of hydrogen-bond donors (Lipinski definition) is 0. The lowest BCUT2D eigenvalue weighted by molar-refractivity contribution is 0.355. The van der Waals surface area contributed by atoms with Crippen molar-refractivity contribution in [2.24, 2.45) is 0 Å². The normalized spacial score (nSPS) is 10.5. The third kappa shape index (κ3) is 2.55. The van der Waals surface area contributed by atoms with Crippen molar-refractivity contribution < 1.29 is 9.47 Å². The van der Waals surface area contributed by atoms with E-state index in [-0.39, 0.29) is 0 Å². The summed E-state index contributed by atoms with van der Waals surface area (Å²) in [6.45, 7) is 2.77. The lowest BCUT2D eigenvalue weighted by atomic mass is 10.2. The first-order chi connectivity index (χ1) is 9.74. The van der Waals surface area contributed by atoms with Gasteiger partial charge in [0.1, 0.15) is 5.82 Å². The number of aromatic nitrogens is 2. The second-order valence-electron chi connectivity index (χ2n) is 4.53. The third-order valence-electron chi connectivity index (χ3n) is 3.25. The van der Waals surface area contributed by atoms with Gasteiger partial charge in [0.25, 0.3) is 0 Å². The van der Waals surface area contributed by atoms with E-state index in [4.69, 9.17) is 14.7 Å². The summed E-state index contributed by atoms with van der Waals surface area (Å²) < 4.78 is 12.8. The Kier molecular flexibility index (Phi) is 4.46. The van der Waals surface area contributed by atoms with E-state index in [1.807, 2.05) is 12.1 Å². The monoisotopic (exact) mass is 273 g/mol. The van der Waals surface area contributed by atoms with Crippen LogP contribution in [-0.2, 0) is 13.0 Å². The van der Waals surface area contributed by atoms with Crippen LogP contribution in [0.1, 0.15) is 25.6 Å². The zero-order valence-electron chi connectivity index (χ0n) is 12.1. The van der Waals surface area contributed by atoms with Gasteiger partial charge in [0, 0.05) is 25.1 Å². The molecule has 0 radical (unpaired) electrons. The van der Waals surface area contributed by atoms with E-state index in [2.05, 4.69) is 22.5 Å². The van der Waals surface area contributed by atoms with Crippen LogP contribution in [-0.4, -0.2) is 23.8 Å². The molecule has 2 rings (SSSR count). The molecule has 2 aromatic rings. The first-order valence-corrected chi connectivity index (χ1v) is 6.73. The Hall–Kier alpha value is -2.22. The van der Waals surface area contributed by atoms with E-state index in [0.717, 1.165) is 29.7 Å². The van der Waals surface area contributed by atoms with E-state index in [1.165, 1.54) is 0 Å². The first kappa shape index (κ1) is 14.2. The van der Waals surface area contributed by atoms with E-state index in [9.17, 15) is 0 Å². The predicted octanol–water partition coefficient (Wildman–Crippen LogP) is 2.92. The molecule has 1 aromatic carbocycles. The van der Waals surface area contributed by atoms with E-state index in [0.29, 0.717) is 24.5 Å². The molecule has 0 unspecified atom stereocenters. The largest absolute Gasteiger partial charge is 0.493 e. The number of methoxy groups -OCH3 is 2. The van der Waals surface area contributed by atoms with Crippen LogP contribution in [0.4, 0.5) is 0 Å². The molecule has 0 atom stereocenters. The molecule has 5 nitrogen and oxygen atoms in total. The average Bonchev–Trinajstić information content (AvgIpc) is 2.80. The molecule has 0 saturated carbocycles. The zero-order valence-corrected chi connectivity index (χ0v) is 12.1.